The third kappa shape index (κ3) is 1.86. The van der Waals surface area contributed by atoms with E-state index in [2.05, 4.69) is 15.1 Å². The van der Waals surface area contributed by atoms with Gasteiger partial charge in [0.15, 0.2) is 5.82 Å². The Morgan fingerprint density at radius 1 is 1.22 bits per heavy atom. The number of imidazole rings is 1. The average Bonchev–Trinajstić information content (AvgIpc) is 2.88. The second kappa shape index (κ2) is 4.23. The monoisotopic (exact) mass is 245 g/mol. The molecule has 3 N–H and O–H groups in total. The molecule has 18 heavy (non-hydrogen) atoms. The van der Waals surface area contributed by atoms with Crippen molar-refractivity contribution in [2.24, 2.45) is 5.73 Å². The van der Waals surface area contributed by atoms with Gasteiger partial charge in [-0.15, -0.1) is 0 Å². The first kappa shape index (κ1) is 10.9. The number of fused-ring (bicyclic) bond motifs is 1. The highest BCUT2D eigenvalue weighted by molar-refractivity contribution is 5.56. The number of rotatable bonds is 3. The molecule has 1 aromatic carbocycles. The van der Waals surface area contributed by atoms with Crippen molar-refractivity contribution in [1.82, 2.24) is 19.6 Å². The van der Waals surface area contributed by atoms with Crippen LogP contribution in [0, 0.1) is 5.82 Å². The van der Waals surface area contributed by atoms with Crippen molar-refractivity contribution in [3.05, 3.63) is 42.0 Å². The summed E-state index contributed by atoms with van der Waals surface area (Å²) in [6.07, 6.45) is 2.59. The summed E-state index contributed by atoms with van der Waals surface area (Å²) in [5.41, 5.74) is 7.20. The largest absolute Gasteiger partial charge is 0.330 e. The predicted octanol–water partition coefficient (Wildman–Crippen LogP) is 1.36. The summed E-state index contributed by atoms with van der Waals surface area (Å²) in [5, 5.41) is 3.09. The summed E-state index contributed by atoms with van der Waals surface area (Å²) >= 11 is 0. The average molecular weight is 245 g/mol. The van der Waals surface area contributed by atoms with Crippen LogP contribution in [-0.4, -0.2) is 26.1 Å². The molecule has 0 aliphatic rings. The molecule has 0 atom stereocenters. The Bertz CT molecular complexity index is 636. The molecule has 0 fully saturated rings. The van der Waals surface area contributed by atoms with Crippen LogP contribution in [0.5, 0.6) is 0 Å². The molecule has 0 aliphatic carbocycles. The number of aromatic amines is 1. The molecule has 0 amide bonds. The normalized spacial score (nSPS) is 11.2. The lowest BCUT2D eigenvalue weighted by atomic mass is 10.2. The van der Waals surface area contributed by atoms with Gasteiger partial charge in [-0.1, -0.05) is 0 Å². The number of nitrogens with zero attached hydrogens (tertiary/aromatic N) is 3. The fourth-order valence-electron chi connectivity index (χ4n) is 1.82. The van der Waals surface area contributed by atoms with Gasteiger partial charge in [-0.25, -0.2) is 13.9 Å². The second-order valence-corrected chi connectivity index (χ2v) is 4.02. The van der Waals surface area contributed by atoms with E-state index in [1.54, 1.807) is 16.6 Å². The molecule has 0 spiro atoms. The third-order valence-electron chi connectivity index (χ3n) is 2.69. The van der Waals surface area contributed by atoms with E-state index in [0.29, 0.717) is 18.1 Å². The van der Waals surface area contributed by atoms with E-state index in [1.165, 1.54) is 12.1 Å². The molecule has 3 rings (SSSR count). The summed E-state index contributed by atoms with van der Waals surface area (Å²) < 4.78 is 14.6. The molecule has 0 bridgehead atoms. The molecular weight excluding hydrogens is 233 g/mol. The van der Waals surface area contributed by atoms with Gasteiger partial charge in [-0.05, 0) is 30.8 Å². The lowest BCUT2D eigenvalue weighted by Crippen LogP contribution is -2.02. The van der Waals surface area contributed by atoms with Gasteiger partial charge in [-0.3, -0.25) is 5.10 Å². The minimum Gasteiger partial charge on any atom is -0.330 e. The Morgan fingerprint density at radius 2 is 2.00 bits per heavy atom. The van der Waals surface area contributed by atoms with Crippen molar-refractivity contribution < 1.29 is 4.39 Å². The number of hydrogen-bond acceptors (Lipinski definition) is 3. The van der Waals surface area contributed by atoms with E-state index in [1.807, 2.05) is 6.20 Å². The molecule has 0 saturated carbocycles. The van der Waals surface area contributed by atoms with Gasteiger partial charge >= 0.3 is 0 Å². The zero-order valence-electron chi connectivity index (χ0n) is 9.60. The van der Waals surface area contributed by atoms with Crippen LogP contribution in [0.3, 0.4) is 0 Å². The van der Waals surface area contributed by atoms with Crippen LogP contribution < -0.4 is 5.73 Å². The first-order chi connectivity index (χ1) is 8.76. The SMILES string of the molecule is NCCc1cn2[nH]c(-c3ccc(F)cc3)nc2n1. The number of benzene rings is 1. The first-order valence-electron chi connectivity index (χ1n) is 5.66. The van der Waals surface area contributed by atoms with Gasteiger partial charge < -0.3 is 5.73 Å². The zero-order valence-corrected chi connectivity index (χ0v) is 9.60. The minimum atomic E-state index is -0.264. The first-order valence-corrected chi connectivity index (χ1v) is 5.66. The molecule has 0 aliphatic heterocycles. The van der Waals surface area contributed by atoms with E-state index >= 15 is 0 Å². The number of nitrogens with two attached hydrogens (primary N) is 1. The molecule has 5 nitrogen and oxygen atoms in total. The second-order valence-electron chi connectivity index (χ2n) is 4.02. The van der Waals surface area contributed by atoms with E-state index in [0.717, 1.165) is 17.7 Å². The summed E-state index contributed by atoms with van der Waals surface area (Å²) in [7, 11) is 0. The summed E-state index contributed by atoms with van der Waals surface area (Å²) in [4.78, 5) is 8.68. The zero-order chi connectivity index (χ0) is 12.5. The van der Waals surface area contributed by atoms with E-state index in [9.17, 15) is 4.39 Å². The Labute approximate surface area is 102 Å². The van der Waals surface area contributed by atoms with E-state index in [4.69, 9.17) is 5.73 Å². The van der Waals surface area contributed by atoms with Gasteiger partial charge in [0, 0.05) is 12.0 Å². The molecule has 3 aromatic rings. The van der Waals surface area contributed by atoms with Crippen molar-refractivity contribution in [2.75, 3.05) is 6.54 Å². The molecule has 0 unspecified atom stereocenters. The summed E-state index contributed by atoms with van der Waals surface area (Å²) in [6, 6.07) is 6.16. The standard InChI is InChI=1S/C12H12FN5/c13-9-3-1-8(2-4-9)11-16-12-15-10(5-6-14)7-18(12)17-11/h1-4,7H,5-6,14H2,(H,15,16,17). The number of H-pyrrole nitrogens is 1. The maximum Gasteiger partial charge on any atom is 0.251 e. The minimum absolute atomic E-state index is 0.264. The van der Waals surface area contributed by atoms with Crippen LogP contribution in [0.25, 0.3) is 17.2 Å². The van der Waals surface area contributed by atoms with E-state index in [-0.39, 0.29) is 5.82 Å². The van der Waals surface area contributed by atoms with Gasteiger partial charge in [0.2, 0.25) is 0 Å². The van der Waals surface area contributed by atoms with Gasteiger partial charge in [0.05, 0.1) is 11.9 Å². The van der Waals surface area contributed by atoms with Crippen molar-refractivity contribution in [1.29, 1.82) is 0 Å². The van der Waals surface area contributed by atoms with Crippen molar-refractivity contribution >= 4 is 5.78 Å². The smallest absolute Gasteiger partial charge is 0.251 e. The van der Waals surface area contributed by atoms with Crippen LogP contribution >= 0.6 is 0 Å². The van der Waals surface area contributed by atoms with Crippen LogP contribution in [-0.2, 0) is 6.42 Å². The van der Waals surface area contributed by atoms with Crippen LogP contribution in [0.2, 0.25) is 0 Å². The van der Waals surface area contributed by atoms with Crippen LogP contribution in [0.1, 0.15) is 5.69 Å². The molecule has 0 saturated heterocycles. The van der Waals surface area contributed by atoms with Gasteiger partial charge in [-0.2, -0.15) is 4.98 Å². The maximum atomic E-state index is 12.8. The molecule has 2 heterocycles. The Balaban J connectivity index is 1.98. The number of aromatic nitrogens is 4. The van der Waals surface area contributed by atoms with Crippen LogP contribution in [0.4, 0.5) is 4.39 Å². The summed E-state index contributed by atoms with van der Waals surface area (Å²) in [6.45, 7) is 0.561. The third-order valence-corrected chi connectivity index (χ3v) is 2.69. The molecule has 0 radical (unpaired) electrons. The maximum absolute atomic E-state index is 12.8. The Kier molecular flexibility index (Phi) is 2.56. The van der Waals surface area contributed by atoms with Gasteiger partial charge in [0.1, 0.15) is 5.82 Å². The fraction of sp³-hybridized carbons (Fsp3) is 0.167. The Morgan fingerprint density at radius 3 is 2.67 bits per heavy atom. The molecule has 6 heteroatoms. The van der Waals surface area contributed by atoms with Crippen molar-refractivity contribution in [3.63, 3.8) is 0 Å². The topological polar surface area (TPSA) is 72.0 Å². The highest BCUT2D eigenvalue weighted by atomic mass is 19.1. The Hall–Kier alpha value is -2.21. The van der Waals surface area contributed by atoms with Crippen molar-refractivity contribution in [3.8, 4) is 11.4 Å². The predicted molar refractivity (Wildman–Crippen MR) is 65.5 cm³/mol. The highest BCUT2D eigenvalue weighted by Gasteiger charge is 2.08. The lowest BCUT2D eigenvalue weighted by Gasteiger charge is -1.95. The molecular formula is C12H12FN5. The number of hydrogen-bond donors (Lipinski definition) is 2. The van der Waals surface area contributed by atoms with Crippen LogP contribution in [0.15, 0.2) is 30.5 Å². The lowest BCUT2D eigenvalue weighted by molar-refractivity contribution is 0.628. The number of halogens is 1. The fourth-order valence-corrected chi connectivity index (χ4v) is 1.82. The quantitative estimate of drug-likeness (QED) is 0.732. The molecule has 92 valence electrons. The summed E-state index contributed by atoms with van der Waals surface area (Å²) in [5.74, 6) is 0.995. The van der Waals surface area contributed by atoms with Crippen molar-refractivity contribution in [2.45, 2.75) is 6.42 Å². The number of nitrogens with one attached hydrogen (secondary N) is 1. The highest BCUT2D eigenvalue weighted by Crippen LogP contribution is 2.16. The van der Waals surface area contributed by atoms with E-state index < -0.39 is 0 Å². The van der Waals surface area contributed by atoms with Gasteiger partial charge in [0.25, 0.3) is 5.78 Å². The molecule has 2 aromatic heterocycles.